The minimum Gasteiger partial charge on any atom is -0.508 e. The molecule has 0 fully saturated rings. The molecular weight excluding hydrogens is 306 g/mol. The lowest BCUT2D eigenvalue weighted by atomic mass is 10.1. The number of hydrogen-bond acceptors (Lipinski definition) is 7. The Morgan fingerprint density at radius 2 is 1.87 bits per heavy atom. The van der Waals surface area contributed by atoms with Crippen LogP contribution in [0.4, 0.5) is 5.69 Å². The normalized spacial score (nSPS) is 10.6. The number of amides is 1. The quantitative estimate of drug-likeness (QED) is 0.381. The molecule has 0 saturated heterocycles. The molecule has 0 heterocycles. The van der Waals surface area contributed by atoms with E-state index in [4.69, 9.17) is 5.11 Å². The number of phenolic OH excluding ortho intramolecular Hbond substituents is 3. The number of carbonyl (C=O) groups is 1. The van der Waals surface area contributed by atoms with E-state index in [0.29, 0.717) is 0 Å². The van der Waals surface area contributed by atoms with E-state index < -0.39 is 16.6 Å². The van der Waals surface area contributed by atoms with Gasteiger partial charge in [0, 0.05) is 23.8 Å². The van der Waals surface area contributed by atoms with E-state index in [-0.39, 0.29) is 28.3 Å². The summed E-state index contributed by atoms with van der Waals surface area (Å²) >= 11 is 0. The molecule has 4 N–H and O–H groups in total. The molecule has 0 aliphatic heterocycles. The molecule has 0 bridgehead atoms. The second-order valence-corrected chi connectivity index (χ2v) is 4.40. The van der Waals surface area contributed by atoms with Gasteiger partial charge >= 0.3 is 0 Å². The molecule has 0 saturated carbocycles. The molecule has 0 aliphatic rings. The Labute approximate surface area is 129 Å². The predicted molar refractivity (Wildman–Crippen MR) is 79.6 cm³/mol. The van der Waals surface area contributed by atoms with Crippen molar-refractivity contribution in [2.24, 2.45) is 5.10 Å². The van der Waals surface area contributed by atoms with Crippen LogP contribution in [0.3, 0.4) is 0 Å². The van der Waals surface area contributed by atoms with Gasteiger partial charge < -0.3 is 15.3 Å². The van der Waals surface area contributed by atoms with Crippen molar-refractivity contribution >= 4 is 17.8 Å². The highest BCUT2D eigenvalue weighted by atomic mass is 16.6. The highest BCUT2D eigenvalue weighted by Crippen LogP contribution is 2.23. The van der Waals surface area contributed by atoms with Crippen LogP contribution in [-0.2, 0) is 0 Å². The molecule has 9 nitrogen and oxygen atoms in total. The number of nitrogens with one attached hydrogen (secondary N) is 1. The van der Waals surface area contributed by atoms with Gasteiger partial charge in [-0.3, -0.25) is 14.9 Å². The molecular formula is C14H11N3O6. The van der Waals surface area contributed by atoms with Gasteiger partial charge in [0.1, 0.15) is 17.2 Å². The maximum atomic E-state index is 11.9. The number of hydrazone groups is 1. The summed E-state index contributed by atoms with van der Waals surface area (Å²) in [7, 11) is 0. The lowest BCUT2D eigenvalue weighted by Crippen LogP contribution is -2.18. The number of nitro groups is 1. The van der Waals surface area contributed by atoms with Crippen LogP contribution in [0.2, 0.25) is 0 Å². The van der Waals surface area contributed by atoms with Crippen molar-refractivity contribution in [3.8, 4) is 17.2 Å². The first-order valence-electron chi connectivity index (χ1n) is 6.21. The zero-order chi connectivity index (χ0) is 17.0. The van der Waals surface area contributed by atoms with Crippen LogP contribution in [0.1, 0.15) is 15.9 Å². The van der Waals surface area contributed by atoms with Crippen molar-refractivity contribution in [2.45, 2.75) is 0 Å². The Hall–Kier alpha value is -3.62. The molecule has 0 spiro atoms. The number of non-ortho nitro benzene ring substituents is 1. The molecule has 0 aliphatic carbocycles. The van der Waals surface area contributed by atoms with Crippen molar-refractivity contribution in [2.75, 3.05) is 0 Å². The molecule has 0 aromatic heterocycles. The molecule has 2 aromatic carbocycles. The van der Waals surface area contributed by atoms with Gasteiger partial charge in [0.2, 0.25) is 0 Å². The zero-order valence-electron chi connectivity index (χ0n) is 11.5. The Kier molecular flexibility index (Phi) is 4.41. The van der Waals surface area contributed by atoms with Crippen molar-refractivity contribution in [3.63, 3.8) is 0 Å². The van der Waals surface area contributed by atoms with Crippen LogP contribution in [0.5, 0.6) is 17.2 Å². The molecule has 118 valence electrons. The van der Waals surface area contributed by atoms with E-state index in [1.165, 1.54) is 12.1 Å². The Morgan fingerprint density at radius 1 is 1.13 bits per heavy atom. The summed E-state index contributed by atoms with van der Waals surface area (Å²) < 4.78 is 0. The lowest BCUT2D eigenvalue weighted by molar-refractivity contribution is -0.384. The van der Waals surface area contributed by atoms with E-state index >= 15 is 0 Å². The van der Waals surface area contributed by atoms with Gasteiger partial charge in [-0.2, -0.15) is 5.10 Å². The number of rotatable bonds is 4. The smallest absolute Gasteiger partial charge is 0.275 e. The maximum Gasteiger partial charge on any atom is 0.275 e. The van der Waals surface area contributed by atoms with E-state index in [1.54, 1.807) is 0 Å². The second kappa shape index (κ2) is 6.43. The average Bonchev–Trinajstić information content (AvgIpc) is 2.49. The number of hydrogen-bond donors (Lipinski definition) is 4. The first-order valence-corrected chi connectivity index (χ1v) is 6.21. The summed E-state index contributed by atoms with van der Waals surface area (Å²) in [6, 6.07) is 6.78. The average molecular weight is 317 g/mol. The fourth-order valence-corrected chi connectivity index (χ4v) is 1.68. The van der Waals surface area contributed by atoms with E-state index in [2.05, 4.69) is 10.5 Å². The van der Waals surface area contributed by atoms with Crippen LogP contribution in [-0.4, -0.2) is 32.4 Å². The van der Waals surface area contributed by atoms with Crippen LogP contribution in [0.25, 0.3) is 0 Å². The maximum absolute atomic E-state index is 11.9. The summed E-state index contributed by atoms with van der Waals surface area (Å²) in [4.78, 5) is 21.8. The van der Waals surface area contributed by atoms with E-state index in [1.807, 2.05) is 0 Å². The zero-order valence-corrected chi connectivity index (χ0v) is 11.5. The molecule has 0 atom stereocenters. The Bertz CT molecular complexity index is 803. The molecule has 2 rings (SSSR count). The van der Waals surface area contributed by atoms with Gasteiger partial charge in [0.05, 0.1) is 16.7 Å². The third kappa shape index (κ3) is 3.73. The van der Waals surface area contributed by atoms with Crippen LogP contribution in [0, 0.1) is 10.1 Å². The first kappa shape index (κ1) is 15.8. The summed E-state index contributed by atoms with van der Waals surface area (Å²) in [5.41, 5.74) is 1.63. The van der Waals surface area contributed by atoms with Crippen molar-refractivity contribution in [1.82, 2.24) is 5.43 Å². The first-order chi connectivity index (χ1) is 10.9. The third-order valence-electron chi connectivity index (χ3n) is 2.82. The minimum atomic E-state index is -0.860. The largest absolute Gasteiger partial charge is 0.508 e. The molecule has 0 unspecified atom stereocenters. The predicted octanol–water partition coefficient (Wildman–Crippen LogP) is 1.48. The third-order valence-corrected chi connectivity index (χ3v) is 2.82. The fraction of sp³-hybridized carbons (Fsp3) is 0. The minimum absolute atomic E-state index is 0.134. The number of phenols is 3. The van der Waals surface area contributed by atoms with Gasteiger partial charge in [0.15, 0.2) is 0 Å². The van der Waals surface area contributed by atoms with Gasteiger partial charge in [-0.05, 0) is 18.2 Å². The van der Waals surface area contributed by atoms with E-state index in [9.17, 15) is 25.1 Å². The monoisotopic (exact) mass is 317 g/mol. The Morgan fingerprint density at radius 3 is 2.52 bits per heavy atom. The number of nitrogens with zero attached hydrogens (tertiary/aromatic N) is 2. The van der Waals surface area contributed by atoms with Crippen molar-refractivity contribution in [1.29, 1.82) is 0 Å². The number of carbonyl (C=O) groups excluding carboxylic acids is 1. The molecule has 9 heteroatoms. The summed E-state index contributed by atoms with van der Waals surface area (Å²) in [6.07, 6.45) is 1.11. The van der Waals surface area contributed by atoms with Crippen LogP contribution in [0.15, 0.2) is 41.5 Å². The number of aromatic hydroxyl groups is 3. The van der Waals surface area contributed by atoms with Gasteiger partial charge in [-0.1, -0.05) is 0 Å². The van der Waals surface area contributed by atoms with Crippen molar-refractivity contribution in [3.05, 3.63) is 57.6 Å². The summed E-state index contributed by atoms with van der Waals surface area (Å²) in [6.45, 7) is 0. The van der Waals surface area contributed by atoms with Gasteiger partial charge in [-0.25, -0.2) is 5.43 Å². The molecule has 2 aromatic rings. The highest BCUT2D eigenvalue weighted by molar-refractivity contribution is 5.98. The summed E-state index contributed by atoms with van der Waals surface area (Å²) in [5.74, 6) is -1.68. The van der Waals surface area contributed by atoms with Gasteiger partial charge in [-0.15, -0.1) is 0 Å². The molecule has 1 amide bonds. The topological polar surface area (TPSA) is 145 Å². The van der Waals surface area contributed by atoms with Gasteiger partial charge in [0.25, 0.3) is 11.6 Å². The summed E-state index contributed by atoms with van der Waals surface area (Å²) in [5, 5.41) is 42.5. The number of benzene rings is 2. The van der Waals surface area contributed by atoms with Crippen LogP contribution >= 0.6 is 0 Å². The molecule has 0 radical (unpaired) electrons. The highest BCUT2D eigenvalue weighted by Gasteiger charge is 2.16. The lowest BCUT2D eigenvalue weighted by Gasteiger charge is -2.03. The molecule has 23 heavy (non-hydrogen) atoms. The number of nitro benzene ring substituents is 1. The Balaban J connectivity index is 2.15. The van der Waals surface area contributed by atoms with Crippen molar-refractivity contribution < 1.29 is 25.0 Å². The van der Waals surface area contributed by atoms with Crippen LogP contribution < -0.4 is 5.43 Å². The van der Waals surface area contributed by atoms with E-state index in [0.717, 1.165) is 30.5 Å². The second-order valence-electron chi connectivity index (χ2n) is 4.40. The SMILES string of the molecule is O=C(NN=Cc1ccc(O)cc1O)c1cc([N+](=O)[O-])ccc1O. The fourth-order valence-electron chi connectivity index (χ4n) is 1.68. The standard InChI is InChI=1S/C14H11N3O6/c18-10-3-1-8(13(20)6-10)7-15-16-14(21)11-5-9(17(22)23)2-4-12(11)19/h1-7,18-20H,(H,16,21).